The number of hydrogen-bond donors (Lipinski definition) is 1. The van der Waals surface area contributed by atoms with E-state index in [9.17, 15) is 0 Å². The number of nitrogens with one attached hydrogen (secondary N) is 1. The topological polar surface area (TPSA) is 52.0 Å². The van der Waals surface area contributed by atoms with Crippen LogP contribution in [0.2, 0.25) is 0 Å². The zero-order valence-electron chi connectivity index (χ0n) is 13.0. The van der Waals surface area contributed by atoms with Crippen molar-refractivity contribution in [3.05, 3.63) is 42.0 Å². The predicted molar refractivity (Wildman–Crippen MR) is 83.3 cm³/mol. The quantitative estimate of drug-likeness (QED) is 0.809. The van der Waals surface area contributed by atoms with Gasteiger partial charge in [-0.05, 0) is 36.6 Å². The van der Waals surface area contributed by atoms with Gasteiger partial charge in [0.05, 0.1) is 13.7 Å². The maximum Gasteiger partial charge on any atom is 0.164 e. The lowest BCUT2D eigenvalue weighted by Gasteiger charge is -2.05. The molecule has 0 aliphatic heterocycles. The van der Waals surface area contributed by atoms with Gasteiger partial charge in [0.15, 0.2) is 5.82 Å². The second-order valence-corrected chi connectivity index (χ2v) is 5.55. The maximum absolute atomic E-state index is 5.16. The van der Waals surface area contributed by atoms with Crippen LogP contribution in [0, 0.1) is 5.92 Å². The van der Waals surface area contributed by atoms with Gasteiger partial charge in [-0.3, -0.25) is 4.68 Å². The number of ether oxygens (including phenoxy) is 1. The molecule has 0 aliphatic carbocycles. The van der Waals surface area contributed by atoms with Gasteiger partial charge >= 0.3 is 0 Å². The normalized spacial score (nSPS) is 11.0. The third-order valence-corrected chi connectivity index (χ3v) is 3.21. The number of aryl methyl sites for hydroxylation is 2. The number of benzene rings is 1. The van der Waals surface area contributed by atoms with Crippen molar-refractivity contribution in [2.75, 3.05) is 13.7 Å². The lowest BCUT2D eigenvalue weighted by molar-refractivity contribution is 0.414. The molecule has 0 unspecified atom stereocenters. The first-order chi connectivity index (χ1) is 10.2. The van der Waals surface area contributed by atoms with Crippen molar-refractivity contribution in [3.63, 3.8) is 0 Å². The summed E-state index contributed by atoms with van der Waals surface area (Å²) in [6.07, 6.45) is 2.74. The van der Waals surface area contributed by atoms with Crippen molar-refractivity contribution < 1.29 is 4.74 Å². The minimum absolute atomic E-state index is 0.641. The molecule has 5 heteroatoms. The number of rotatable bonds is 8. The Hall–Kier alpha value is -1.88. The van der Waals surface area contributed by atoms with E-state index < -0.39 is 0 Å². The molecule has 21 heavy (non-hydrogen) atoms. The summed E-state index contributed by atoms with van der Waals surface area (Å²) in [5.41, 5.74) is 1.27. The highest BCUT2D eigenvalue weighted by Gasteiger charge is 2.02. The third kappa shape index (κ3) is 5.19. The highest BCUT2D eigenvalue weighted by molar-refractivity contribution is 5.27. The standard InChI is InChI=1S/C16H24N4O/c1-13(2)10-17-11-16-18-12-20(19-16)9-8-14-4-6-15(21-3)7-5-14/h4-7,12-13,17H,8-11H2,1-3H3. The molecule has 2 aromatic rings. The predicted octanol–water partition coefficient (Wildman–Crippen LogP) is 2.28. The molecule has 0 amide bonds. The molecule has 0 radical (unpaired) electrons. The van der Waals surface area contributed by atoms with Crippen LogP contribution in [0.4, 0.5) is 0 Å². The Balaban J connectivity index is 1.79. The van der Waals surface area contributed by atoms with Gasteiger partial charge in [0.2, 0.25) is 0 Å². The summed E-state index contributed by atoms with van der Waals surface area (Å²) >= 11 is 0. The van der Waals surface area contributed by atoms with E-state index in [0.29, 0.717) is 5.92 Å². The van der Waals surface area contributed by atoms with E-state index in [2.05, 4.69) is 41.4 Å². The van der Waals surface area contributed by atoms with Crippen molar-refractivity contribution in [1.82, 2.24) is 20.1 Å². The molecule has 1 heterocycles. The molecule has 1 aromatic carbocycles. The largest absolute Gasteiger partial charge is 0.497 e. The Kier molecular flexibility index (Phi) is 5.75. The molecule has 0 bridgehead atoms. The molecule has 0 saturated carbocycles. The average molecular weight is 288 g/mol. The number of aromatic nitrogens is 3. The highest BCUT2D eigenvalue weighted by Crippen LogP contribution is 2.12. The van der Waals surface area contributed by atoms with Crippen LogP contribution in [-0.2, 0) is 19.5 Å². The van der Waals surface area contributed by atoms with Gasteiger partial charge in [0, 0.05) is 6.54 Å². The SMILES string of the molecule is COc1ccc(CCn2cnc(CNCC(C)C)n2)cc1. The molecule has 0 aliphatic rings. The van der Waals surface area contributed by atoms with Crippen LogP contribution in [0.3, 0.4) is 0 Å². The Labute approximate surface area is 126 Å². The van der Waals surface area contributed by atoms with Crippen LogP contribution < -0.4 is 10.1 Å². The van der Waals surface area contributed by atoms with E-state index in [4.69, 9.17) is 4.74 Å². The Bertz CT molecular complexity index is 533. The van der Waals surface area contributed by atoms with Crippen LogP contribution >= 0.6 is 0 Å². The monoisotopic (exact) mass is 288 g/mol. The first kappa shape index (κ1) is 15.5. The molecule has 5 nitrogen and oxygen atoms in total. The molecule has 0 fully saturated rings. The molecule has 0 atom stereocenters. The third-order valence-electron chi connectivity index (χ3n) is 3.21. The highest BCUT2D eigenvalue weighted by atomic mass is 16.5. The van der Waals surface area contributed by atoms with Crippen molar-refractivity contribution in [1.29, 1.82) is 0 Å². The summed E-state index contributed by atoms with van der Waals surface area (Å²) in [6, 6.07) is 8.14. The second kappa shape index (κ2) is 7.78. The van der Waals surface area contributed by atoms with Crippen molar-refractivity contribution in [2.24, 2.45) is 5.92 Å². The van der Waals surface area contributed by atoms with Crippen LogP contribution in [0.5, 0.6) is 5.75 Å². The smallest absolute Gasteiger partial charge is 0.164 e. The first-order valence-electron chi connectivity index (χ1n) is 7.39. The fraction of sp³-hybridized carbons (Fsp3) is 0.500. The van der Waals surface area contributed by atoms with Gasteiger partial charge in [-0.15, -0.1) is 0 Å². The number of hydrogen-bond acceptors (Lipinski definition) is 4. The molecule has 0 spiro atoms. The fourth-order valence-corrected chi connectivity index (χ4v) is 2.03. The summed E-state index contributed by atoms with van der Waals surface area (Å²) in [5, 5.41) is 7.82. The molecule has 0 saturated heterocycles. The van der Waals surface area contributed by atoms with E-state index in [1.165, 1.54) is 5.56 Å². The lowest BCUT2D eigenvalue weighted by atomic mass is 10.1. The van der Waals surface area contributed by atoms with Crippen LogP contribution in [0.25, 0.3) is 0 Å². The van der Waals surface area contributed by atoms with Gasteiger partial charge < -0.3 is 10.1 Å². The van der Waals surface area contributed by atoms with Gasteiger partial charge in [0.1, 0.15) is 12.1 Å². The summed E-state index contributed by atoms with van der Waals surface area (Å²) in [7, 11) is 1.68. The molecular formula is C16H24N4O. The Morgan fingerprint density at radius 1 is 1.24 bits per heavy atom. The van der Waals surface area contributed by atoms with Gasteiger partial charge in [0.25, 0.3) is 0 Å². The Morgan fingerprint density at radius 3 is 2.67 bits per heavy atom. The first-order valence-corrected chi connectivity index (χ1v) is 7.39. The molecule has 1 N–H and O–H groups in total. The molecule has 1 aromatic heterocycles. The zero-order chi connectivity index (χ0) is 15.1. The van der Waals surface area contributed by atoms with Gasteiger partial charge in [-0.25, -0.2) is 4.98 Å². The number of nitrogens with zero attached hydrogens (tertiary/aromatic N) is 3. The lowest BCUT2D eigenvalue weighted by Crippen LogP contribution is -2.19. The Morgan fingerprint density at radius 2 is 2.00 bits per heavy atom. The van der Waals surface area contributed by atoms with E-state index in [1.807, 2.05) is 16.8 Å². The minimum Gasteiger partial charge on any atom is -0.497 e. The average Bonchev–Trinajstić information content (AvgIpc) is 2.93. The van der Waals surface area contributed by atoms with E-state index in [1.54, 1.807) is 13.4 Å². The summed E-state index contributed by atoms with van der Waals surface area (Å²) < 4.78 is 7.05. The van der Waals surface area contributed by atoms with E-state index in [-0.39, 0.29) is 0 Å². The minimum atomic E-state index is 0.641. The second-order valence-electron chi connectivity index (χ2n) is 5.55. The summed E-state index contributed by atoms with van der Waals surface area (Å²) in [6.45, 7) is 6.93. The van der Waals surface area contributed by atoms with Crippen molar-refractivity contribution in [2.45, 2.75) is 33.4 Å². The van der Waals surface area contributed by atoms with Crippen LogP contribution in [0.15, 0.2) is 30.6 Å². The summed E-state index contributed by atoms with van der Waals surface area (Å²) in [5.74, 6) is 2.38. The van der Waals surface area contributed by atoms with Crippen LogP contribution in [-0.4, -0.2) is 28.4 Å². The zero-order valence-corrected chi connectivity index (χ0v) is 13.0. The van der Waals surface area contributed by atoms with Crippen LogP contribution in [0.1, 0.15) is 25.2 Å². The number of methoxy groups -OCH3 is 1. The van der Waals surface area contributed by atoms with Crippen molar-refractivity contribution in [3.8, 4) is 5.75 Å². The van der Waals surface area contributed by atoms with Crippen molar-refractivity contribution >= 4 is 0 Å². The maximum atomic E-state index is 5.16. The summed E-state index contributed by atoms with van der Waals surface area (Å²) in [4.78, 5) is 4.32. The van der Waals surface area contributed by atoms with E-state index in [0.717, 1.165) is 37.6 Å². The molecule has 2 rings (SSSR count). The van der Waals surface area contributed by atoms with E-state index >= 15 is 0 Å². The van der Waals surface area contributed by atoms with Gasteiger partial charge in [-0.1, -0.05) is 26.0 Å². The molecule has 114 valence electrons. The fourth-order valence-electron chi connectivity index (χ4n) is 2.03. The molecular weight excluding hydrogens is 264 g/mol. The van der Waals surface area contributed by atoms with Gasteiger partial charge in [-0.2, -0.15) is 5.10 Å².